The van der Waals surface area contributed by atoms with Crippen molar-refractivity contribution in [3.8, 4) is 0 Å². The van der Waals surface area contributed by atoms with Gasteiger partial charge in [-0.3, -0.25) is 0 Å². The smallest absolute Gasteiger partial charge is 0.393 e. The molecule has 0 amide bonds. The van der Waals surface area contributed by atoms with Crippen LogP contribution >= 0.6 is 0 Å². The summed E-state index contributed by atoms with van der Waals surface area (Å²) in [7, 11) is -13.3. The molecular weight excluding hydrogens is 681 g/mol. The first-order valence-corrected chi connectivity index (χ1v) is 32.0. The summed E-state index contributed by atoms with van der Waals surface area (Å²) in [5.41, 5.74) is 0.442. The van der Waals surface area contributed by atoms with Crippen LogP contribution in [0.3, 0.4) is 0 Å². The molecule has 11 heteroatoms. The van der Waals surface area contributed by atoms with Gasteiger partial charge in [-0.05, 0) is 61.3 Å². The maximum absolute atomic E-state index is 13.2. The number of carbonyl (C=O) groups excluding carboxylic acids is 1. The highest BCUT2D eigenvalue weighted by Gasteiger charge is 2.57. The van der Waals surface area contributed by atoms with Gasteiger partial charge in [0.15, 0.2) is 8.32 Å². The second kappa shape index (κ2) is 25.2. The van der Waals surface area contributed by atoms with E-state index in [1.165, 1.54) is 37.4 Å². The van der Waals surface area contributed by atoms with Crippen LogP contribution in [0.2, 0.25) is 66.5 Å². The lowest BCUT2D eigenvalue weighted by Gasteiger charge is -2.50. The number of carbonyl (C=O) groups is 1. The molecule has 0 spiro atoms. The Morgan fingerprint density at radius 3 is 0.875 bits per heavy atom. The van der Waals surface area contributed by atoms with E-state index in [0.29, 0.717) is 5.57 Å². The van der Waals surface area contributed by atoms with Crippen molar-refractivity contribution in [2.75, 3.05) is 0 Å². The van der Waals surface area contributed by atoms with E-state index in [9.17, 15) is 4.79 Å². The molecule has 0 unspecified atom stereocenters. The third-order valence-corrected chi connectivity index (χ3v) is 36.3. The van der Waals surface area contributed by atoms with Crippen LogP contribution in [0.5, 0.6) is 0 Å². The molecule has 0 radical (unpaired) electrons. The minimum Gasteiger partial charge on any atom is -0.491 e. The van der Waals surface area contributed by atoms with Gasteiger partial charge in [-0.1, -0.05) is 153 Å². The molecule has 0 heterocycles. The Morgan fingerprint density at radius 2 is 0.625 bits per heavy atom. The van der Waals surface area contributed by atoms with Crippen molar-refractivity contribution in [2.45, 2.75) is 220 Å². The molecule has 0 bridgehead atoms. The summed E-state index contributed by atoms with van der Waals surface area (Å²) in [4.78, 5) is 13.2. The summed E-state index contributed by atoms with van der Waals surface area (Å²) in [5, 5.41) is 0. The van der Waals surface area contributed by atoms with Gasteiger partial charge < -0.3 is 20.9 Å². The Morgan fingerprint density at radius 1 is 0.396 bits per heavy atom. The summed E-state index contributed by atoms with van der Waals surface area (Å²) in [5.74, 6) is -0.309. The van der Waals surface area contributed by atoms with Crippen molar-refractivity contribution >= 4 is 48.5 Å². The zero-order valence-electron chi connectivity index (χ0n) is 34.2. The predicted molar refractivity (Wildman–Crippen MR) is 220 cm³/mol. The van der Waals surface area contributed by atoms with Gasteiger partial charge in [0.1, 0.15) is 0 Å². The first kappa shape index (κ1) is 48.1. The summed E-state index contributed by atoms with van der Waals surface area (Å²) < 4.78 is 37.9. The molecule has 0 aliphatic heterocycles. The molecule has 0 N–H and O–H groups in total. The fraction of sp³-hybridized carbons (Fsp3) is 0.919. The Labute approximate surface area is 305 Å². The van der Waals surface area contributed by atoms with E-state index in [-0.39, 0.29) is 5.97 Å². The maximum atomic E-state index is 13.2. The topological polar surface area (TPSA) is 63.2 Å². The van der Waals surface area contributed by atoms with Crippen LogP contribution in [0.15, 0.2) is 12.2 Å². The lowest BCUT2D eigenvalue weighted by molar-refractivity contribution is -0.132. The Kier molecular flexibility index (Phi) is 25.2. The van der Waals surface area contributed by atoms with Gasteiger partial charge in [0, 0.05) is 17.7 Å². The van der Waals surface area contributed by atoms with Crippen LogP contribution in [0.4, 0.5) is 0 Å². The molecule has 6 nitrogen and oxygen atoms in total. The van der Waals surface area contributed by atoms with Gasteiger partial charge in [0.2, 0.25) is 0 Å². The number of hydrogen-bond acceptors (Lipinski definition) is 6. The molecule has 0 aromatic rings. The van der Waals surface area contributed by atoms with Crippen molar-refractivity contribution in [3.63, 3.8) is 0 Å². The molecule has 0 aromatic carbocycles. The fourth-order valence-electron chi connectivity index (χ4n) is 8.01. The van der Waals surface area contributed by atoms with E-state index in [4.69, 9.17) is 20.9 Å². The summed E-state index contributed by atoms with van der Waals surface area (Å²) >= 11 is 0. The molecule has 0 rings (SSSR count). The van der Waals surface area contributed by atoms with Gasteiger partial charge in [-0.15, -0.1) is 0 Å². The summed E-state index contributed by atoms with van der Waals surface area (Å²) in [6, 6.07) is 11.0. The van der Waals surface area contributed by atoms with Gasteiger partial charge in [-0.25, -0.2) is 4.79 Å². The predicted octanol–water partition coefficient (Wildman–Crippen LogP) is 13.4. The van der Waals surface area contributed by atoms with E-state index in [1.54, 1.807) is 6.92 Å². The van der Waals surface area contributed by atoms with Crippen LogP contribution in [-0.2, 0) is 25.7 Å². The third kappa shape index (κ3) is 15.8. The van der Waals surface area contributed by atoms with Crippen LogP contribution in [0.1, 0.15) is 154 Å². The van der Waals surface area contributed by atoms with E-state index in [2.05, 4.69) is 82.7 Å². The first-order valence-electron chi connectivity index (χ1n) is 20.5. The second-order valence-corrected chi connectivity index (χ2v) is 33.3. The van der Waals surface area contributed by atoms with Gasteiger partial charge in [0.05, 0.1) is 0 Å². The second-order valence-electron chi connectivity index (χ2n) is 14.7. The average molecular weight is 763 g/mol. The molecule has 0 aromatic heterocycles. The molecule has 48 heavy (non-hydrogen) atoms. The molecule has 0 saturated heterocycles. The quantitative estimate of drug-likeness (QED) is 0.0502. The van der Waals surface area contributed by atoms with Crippen LogP contribution in [-0.4, -0.2) is 48.5 Å². The molecular formula is C37H82O6Si5. The van der Waals surface area contributed by atoms with Crippen molar-refractivity contribution in [3.05, 3.63) is 12.2 Å². The highest BCUT2D eigenvalue weighted by molar-refractivity contribution is 6.92. The van der Waals surface area contributed by atoms with E-state index >= 15 is 0 Å². The van der Waals surface area contributed by atoms with Crippen molar-refractivity contribution in [2.24, 2.45) is 0 Å². The van der Waals surface area contributed by atoms with Crippen molar-refractivity contribution < 1.29 is 25.7 Å². The highest BCUT2D eigenvalue weighted by Crippen LogP contribution is 2.43. The Hall–Kier alpha value is 0.134. The van der Waals surface area contributed by atoms with Gasteiger partial charge >= 0.3 is 40.2 Å². The van der Waals surface area contributed by atoms with E-state index in [1.807, 2.05) is 0 Å². The zero-order chi connectivity index (χ0) is 36.7. The minimum atomic E-state index is -2.96. The lowest BCUT2D eigenvalue weighted by Crippen LogP contribution is -2.65. The Bertz CT molecular complexity index is 832. The van der Waals surface area contributed by atoms with Crippen molar-refractivity contribution in [1.29, 1.82) is 0 Å². The monoisotopic (exact) mass is 762 g/mol. The molecule has 286 valence electrons. The third-order valence-electron chi connectivity index (χ3n) is 9.31. The summed E-state index contributed by atoms with van der Waals surface area (Å²) in [6.07, 6.45) is 11.5. The van der Waals surface area contributed by atoms with Gasteiger partial charge in [-0.2, -0.15) is 0 Å². The fourth-order valence-corrected chi connectivity index (χ4v) is 39.3. The zero-order valence-corrected chi connectivity index (χ0v) is 39.2. The Balaban J connectivity index is 7.57. The number of rotatable bonds is 32. The maximum Gasteiger partial charge on any atom is 0.393 e. The normalized spacial score (nSPS) is 13.2. The van der Waals surface area contributed by atoms with Gasteiger partial charge in [0.25, 0.3) is 0 Å². The highest BCUT2D eigenvalue weighted by atomic mass is 28.5. The largest absolute Gasteiger partial charge is 0.491 e. The summed E-state index contributed by atoms with van der Waals surface area (Å²) in [6.45, 7) is 30.8. The molecule has 0 fully saturated rings. The van der Waals surface area contributed by atoms with E-state index < -0.39 is 42.6 Å². The van der Waals surface area contributed by atoms with E-state index in [0.717, 1.165) is 99.7 Å². The molecule has 0 atom stereocenters. The van der Waals surface area contributed by atoms with Crippen LogP contribution < -0.4 is 0 Å². The lowest BCUT2D eigenvalue weighted by atomic mass is 10.4. The number of hydrogen-bond donors (Lipinski definition) is 0. The standard InChI is InChI=1S/C37H82O6Si5/c1-14-25-44(26-15-2,27-16-3)40-46(30-19-6,31-20-7)42-48(34-23-10,35-24-11)43-47(32-21-8,33-22-9)41-45(28-17-4,29-18-5)39-37(38)36(12)13/h12,14-35H2,1-11,13H3. The van der Waals surface area contributed by atoms with Crippen LogP contribution in [0, 0.1) is 0 Å². The first-order chi connectivity index (χ1) is 22.8. The SMILES string of the molecule is C=C(C)C(=O)O[Si](CCC)(CCC)O[Si](CCC)(CCC)O[Si](CCC)(CCC)O[Si](CCC)(CCC)O[Si](CCC)(CCC)CCC. The average Bonchev–Trinajstić information content (AvgIpc) is 2.98. The van der Waals surface area contributed by atoms with Crippen molar-refractivity contribution in [1.82, 2.24) is 0 Å². The van der Waals surface area contributed by atoms with Crippen LogP contribution in [0.25, 0.3) is 0 Å². The molecule has 0 aliphatic rings. The molecule has 0 aliphatic carbocycles. The minimum absolute atomic E-state index is 0.309. The molecule has 0 saturated carbocycles.